The van der Waals surface area contributed by atoms with Gasteiger partial charge in [0.15, 0.2) is 0 Å². The van der Waals surface area contributed by atoms with Crippen molar-refractivity contribution in [3.63, 3.8) is 0 Å². The van der Waals surface area contributed by atoms with Crippen LogP contribution in [0.25, 0.3) is 0 Å². The van der Waals surface area contributed by atoms with Gasteiger partial charge in [0.2, 0.25) is 0 Å². The lowest BCUT2D eigenvalue weighted by atomic mass is 9.75. The first-order chi connectivity index (χ1) is 8.65. The molecule has 1 N–H and O–H groups in total. The number of rotatable bonds is 4. The first kappa shape index (κ1) is 13.8. The molecule has 0 aromatic heterocycles. The Bertz CT molecular complexity index is 295. The van der Waals surface area contributed by atoms with Gasteiger partial charge in [-0.25, -0.2) is 0 Å². The first-order valence-corrected chi connectivity index (χ1v) is 7.14. The Morgan fingerprint density at radius 3 is 2.72 bits per heavy atom. The van der Waals surface area contributed by atoms with Crippen molar-refractivity contribution in [2.45, 2.75) is 63.6 Å². The minimum Gasteiger partial charge on any atom is -0.480 e. The zero-order valence-corrected chi connectivity index (χ0v) is 11.5. The van der Waals surface area contributed by atoms with Gasteiger partial charge in [0.25, 0.3) is 0 Å². The number of hydrogen-bond acceptors (Lipinski definition) is 3. The van der Waals surface area contributed by atoms with E-state index in [0.717, 1.165) is 19.3 Å². The summed E-state index contributed by atoms with van der Waals surface area (Å²) in [5.74, 6) is 0.0376. The number of carboxylic acids is 1. The molecule has 1 saturated heterocycles. The van der Waals surface area contributed by atoms with E-state index in [-0.39, 0.29) is 12.1 Å². The average Bonchev–Trinajstić information content (AvgIpc) is 2.37. The predicted molar refractivity (Wildman–Crippen MR) is 69.6 cm³/mol. The number of nitrogens with zero attached hydrogens (tertiary/aromatic N) is 1. The van der Waals surface area contributed by atoms with E-state index in [1.807, 2.05) is 0 Å². The van der Waals surface area contributed by atoms with Crippen LogP contribution in [0.2, 0.25) is 0 Å². The van der Waals surface area contributed by atoms with Crippen molar-refractivity contribution in [1.82, 2.24) is 4.90 Å². The van der Waals surface area contributed by atoms with Gasteiger partial charge in [-0.2, -0.15) is 0 Å². The lowest BCUT2D eigenvalue weighted by Crippen LogP contribution is -2.59. The molecule has 1 heterocycles. The van der Waals surface area contributed by atoms with Crippen LogP contribution in [0.4, 0.5) is 0 Å². The number of fused-ring (bicyclic) bond motifs is 1. The molecular formula is C14H25NO3. The lowest BCUT2D eigenvalue weighted by molar-refractivity contribution is -0.151. The Kier molecular flexibility index (Phi) is 4.62. The van der Waals surface area contributed by atoms with Crippen LogP contribution in [0.1, 0.15) is 45.4 Å². The summed E-state index contributed by atoms with van der Waals surface area (Å²) in [5.41, 5.74) is 0. The smallest absolute Gasteiger partial charge is 0.320 e. The highest BCUT2D eigenvalue weighted by molar-refractivity contribution is 5.73. The lowest BCUT2D eigenvalue weighted by Gasteiger charge is -2.49. The van der Waals surface area contributed by atoms with Crippen molar-refractivity contribution in [1.29, 1.82) is 0 Å². The van der Waals surface area contributed by atoms with Crippen LogP contribution in [0.15, 0.2) is 0 Å². The number of carbonyl (C=O) groups is 1. The molecule has 4 atom stereocenters. The van der Waals surface area contributed by atoms with Crippen molar-refractivity contribution < 1.29 is 14.6 Å². The third-order valence-electron chi connectivity index (χ3n) is 4.62. The summed E-state index contributed by atoms with van der Waals surface area (Å²) in [6.45, 7) is 2.71. The summed E-state index contributed by atoms with van der Waals surface area (Å²) in [7, 11) is 1.69. The Hall–Kier alpha value is -0.610. The molecule has 1 aliphatic carbocycles. The fourth-order valence-electron chi connectivity index (χ4n) is 3.88. The molecule has 4 nitrogen and oxygen atoms in total. The summed E-state index contributed by atoms with van der Waals surface area (Å²) in [6, 6.07) is 0.343. The summed E-state index contributed by atoms with van der Waals surface area (Å²) in [5, 5.41) is 9.43. The molecule has 18 heavy (non-hydrogen) atoms. The maximum Gasteiger partial charge on any atom is 0.320 e. The number of hydrogen-bond donors (Lipinski definition) is 1. The molecule has 4 heteroatoms. The van der Waals surface area contributed by atoms with Crippen LogP contribution in [-0.4, -0.2) is 47.8 Å². The zero-order chi connectivity index (χ0) is 13.1. The number of methoxy groups -OCH3 is 1. The van der Waals surface area contributed by atoms with Gasteiger partial charge in [0, 0.05) is 19.2 Å². The summed E-state index contributed by atoms with van der Waals surface area (Å²) in [6.07, 6.45) is 6.85. The van der Waals surface area contributed by atoms with Crippen LogP contribution < -0.4 is 0 Å². The Morgan fingerprint density at radius 1 is 1.33 bits per heavy atom. The molecule has 0 aromatic carbocycles. The fraction of sp³-hybridized carbons (Fsp3) is 0.929. The van der Waals surface area contributed by atoms with Gasteiger partial charge >= 0.3 is 5.97 Å². The first-order valence-electron chi connectivity index (χ1n) is 7.14. The van der Waals surface area contributed by atoms with Gasteiger partial charge < -0.3 is 9.84 Å². The Balaban J connectivity index is 2.16. The van der Waals surface area contributed by atoms with Crippen molar-refractivity contribution in [3.8, 4) is 0 Å². The van der Waals surface area contributed by atoms with Gasteiger partial charge in [-0.15, -0.1) is 0 Å². The highest BCUT2D eigenvalue weighted by Crippen LogP contribution is 2.39. The third-order valence-corrected chi connectivity index (χ3v) is 4.62. The minimum absolute atomic E-state index is 0.196. The molecular weight excluding hydrogens is 230 g/mol. The molecule has 104 valence electrons. The van der Waals surface area contributed by atoms with E-state index < -0.39 is 5.97 Å². The second-order valence-electron chi connectivity index (χ2n) is 5.79. The van der Waals surface area contributed by atoms with Crippen LogP contribution in [0.5, 0.6) is 0 Å². The van der Waals surface area contributed by atoms with Crippen LogP contribution in [0.3, 0.4) is 0 Å². The summed E-state index contributed by atoms with van der Waals surface area (Å²) in [4.78, 5) is 13.7. The molecule has 2 fully saturated rings. The van der Waals surface area contributed by atoms with Crippen molar-refractivity contribution in [3.05, 3.63) is 0 Å². The van der Waals surface area contributed by atoms with E-state index in [9.17, 15) is 9.90 Å². The molecule has 2 rings (SSSR count). The number of piperidine rings is 1. The average molecular weight is 255 g/mol. The van der Waals surface area contributed by atoms with E-state index in [2.05, 4.69) is 11.8 Å². The minimum atomic E-state index is -0.665. The van der Waals surface area contributed by atoms with Crippen LogP contribution in [0, 0.1) is 5.92 Å². The number of likely N-dealkylation sites (tertiary alicyclic amines) is 1. The van der Waals surface area contributed by atoms with Crippen molar-refractivity contribution >= 4 is 5.97 Å². The molecule has 0 amide bonds. The maximum atomic E-state index is 11.5. The quantitative estimate of drug-likeness (QED) is 0.836. The van der Waals surface area contributed by atoms with Gasteiger partial charge in [-0.05, 0) is 38.5 Å². The molecule has 1 saturated carbocycles. The number of ether oxygens (including phenoxy) is 1. The monoisotopic (exact) mass is 255 g/mol. The van der Waals surface area contributed by atoms with Crippen LogP contribution >= 0.6 is 0 Å². The van der Waals surface area contributed by atoms with E-state index >= 15 is 0 Å². The zero-order valence-electron chi connectivity index (χ0n) is 11.5. The summed E-state index contributed by atoms with van der Waals surface area (Å²) < 4.78 is 5.23. The highest BCUT2D eigenvalue weighted by Gasteiger charge is 2.43. The van der Waals surface area contributed by atoms with Gasteiger partial charge in [-0.1, -0.05) is 12.8 Å². The maximum absolute atomic E-state index is 11.5. The number of aliphatic carboxylic acids is 1. The fourth-order valence-corrected chi connectivity index (χ4v) is 3.88. The van der Waals surface area contributed by atoms with Crippen molar-refractivity contribution in [2.24, 2.45) is 5.92 Å². The second-order valence-corrected chi connectivity index (χ2v) is 5.79. The molecule has 0 bridgehead atoms. The van der Waals surface area contributed by atoms with Gasteiger partial charge in [0.05, 0.1) is 6.61 Å². The van der Waals surface area contributed by atoms with E-state index in [1.165, 1.54) is 19.3 Å². The highest BCUT2D eigenvalue weighted by atomic mass is 16.5. The predicted octanol–water partition coefficient (Wildman–Crippen LogP) is 2.13. The second kappa shape index (κ2) is 6.02. The largest absolute Gasteiger partial charge is 0.480 e. The molecule has 4 unspecified atom stereocenters. The van der Waals surface area contributed by atoms with Crippen LogP contribution in [-0.2, 0) is 9.53 Å². The Morgan fingerprint density at radius 2 is 2.06 bits per heavy atom. The Labute approximate surface area is 109 Å². The van der Waals surface area contributed by atoms with E-state index in [4.69, 9.17) is 4.74 Å². The SMILES string of the molecule is COCC(C)N1C(C(=O)O)CCC2CCCCC21. The van der Waals surface area contributed by atoms with Crippen molar-refractivity contribution in [2.75, 3.05) is 13.7 Å². The van der Waals surface area contributed by atoms with E-state index in [0.29, 0.717) is 18.6 Å². The summed E-state index contributed by atoms with van der Waals surface area (Å²) >= 11 is 0. The standard InChI is InChI=1S/C14H25NO3/c1-10(9-18-2)15-12-6-4-3-5-11(12)7-8-13(15)14(16)17/h10-13H,3-9H2,1-2H3,(H,16,17). The molecule has 1 aliphatic heterocycles. The topological polar surface area (TPSA) is 49.8 Å². The normalized spacial score (nSPS) is 34.9. The molecule has 0 spiro atoms. The molecule has 0 radical (unpaired) electrons. The van der Waals surface area contributed by atoms with E-state index in [1.54, 1.807) is 7.11 Å². The third kappa shape index (κ3) is 2.69. The van der Waals surface area contributed by atoms with Gasteiger partial charge in [0.1, 0.15) is 6.04 Å². The molecule has 2 aliphatic rings. The van der Waals surface area contributed by atoms with Gasteiger partial charge in [-0.3, -0.25) is 9.69 Å². The number of carboxylic acid groups (broad SMARTS) is 1. The molecule has 0 aromatic rings.